The Morgan fingerprint density at radius 2 is 1.89 bits per heavy atom. The summed E-state index contributed by atoms with van der Waals surface area (Å²) < 4.78 is 4.81. The molecule has 1 aliphatic rings. The van der Waals surface area contributed by atoms with Crippen LogP contribution in [0.25, 0.3) is 0 Å². The van der Waals surface area contributed by atoms with E-state index in [0.29, 0.717) is 19.2 Å². The van der Waals surface area contributed by atoms with E-state index >= 15 is 0 Å². The summed E-state index contributed by atoms with van der Waals surface area (Å²) in [6.07, 6.45) is 8.38. The second-order valence-corrected chi connectivity index (χ2v) is 5.11. The minimum absolute atomic E-state index is 0.0908. The molecule has 4 heteroatoms. The first-order chi connectivity index (χ1) is 8.72. The Kier molecular flexibility index (Phi) is 8.01. The quantitative estimate of drug-likeness (QED) is 0.715. The van der Waals surface area contributed by atoms with Crippen LogP contribution in [0.5, 0.6) is 0 Å². The molecule has 1 atom stereocenters. The molecule has 1 rings (SSSR count). The number of aliphatic hydroxyl groups excluding tert-OH is 1. The largest absolute Gasteiger partial charge is 0.466 e. The molecule has 4 nitrogen and oxygen atoms in total. The van der Waals surface area contributed by atoms with E-state index in [1.54, 1.807) is 6.92 Å². The van der Waals surface area contributed by atoms with Crippen LogP contribution in [0.15, 0.2) is 0 Å². The predicted molar refractivity (Wildman–Crippen MR) is 71.4 cm³/mol. The number of hydrogen-bond acceptors (Lipinski definition) is 4. The first kappa shape index (κ1) is 15.4. The molecule has 0 radical (unpaired) electrons. The maximum Gasteiger partial charge on any atom is 0.308 e. The first-order valence-corrected chi connectivity index (χ1v) is 7.29. The van der Waals surface area contributed by atoms with Gasteiger partial charge in [-0.3, -0.25) is 4.79 Å². The number of rotatable bonds is 6. The van der Waals surface area contributed by atoms with Crippen molar-refractivity contribution in [2.24, 2.45) is 0 Å². The monoisotopic (exact) mass is 257 g/mol. The van der Waals surface area contributed by atoms with Crippen LogP contribution in [0.4, 0.5) is 0 Å². The number of ether oxygens (including phenoxy) is 1. The van der Waals surface area contributed by atoms with Gasteiger partial charge in [-0.05, 0) is 19.8 Å². The Balaban J connectivity index is 2.15. The third kappa shape index (κ3) is 6.97. The Hall–Kier alpha value is -0.610. The highest BCUT2D eigenvalue weighted by atomic mass is 16.5. The molecule has 1 unspecified atom stereocenters. The van der Waals surface area contributed by atoms with Crippen LogP contribution in [0.2, 0.25) is 0 Å². The van der Waals surface area contributed by atoms with E-state index in [0.717, 1.165) is 0 Å². The van der Waals surface area contributed by atoms with Crippen molar-refractivity contribution in [3.8, 4) is 0 Å². The molecule has 0 aromatic carbocycles. The molecular weight excluding hydrogens is 230 g/mol. The minimum atomic E-state index is -0.630. The van der Waals surface area contributed by atoms with Crippen molar-refractivity contribution in [1.82, 2.24) is 5.32 Å². The van der Waals surface area contributed by atoms with Crippen molar-refractivity contribution >= 4 is 5.97 Å². The molecule has 0 saturated heterocycles. The Morgan fingerprint density at radius 3 is 2.50 bits per heavy atom. The summed E-state index contributed by atoms with van der Waals surface area (Å²) >= 11 is 0. The van der Waals surface area contributed by atoms with Gasteiger partial charge in [-0.15, -0.1) is 0 Å². The van der Waals surface area contributed by atoms with E-state index in [-0.39, 0.29) is 12.4 Å². The summed E-state index contributed by atoms with van der Waals surface area (Å²) in [6, 6.07) is 0.502. The summed E-state index contributed by atoms with van der Waals surface area (Å²) in [4.78, 5) is 11.2. The minimum Gasteiger partial charge on any atom is -0.466 e. The van der Waals surface area contributed by atoms with Crippen molar-refractivity contribution in [1.29, 1.82) is 0 Å². The molecule has 2 N–H and O–H groups in total. The lowest BCUT2D eigenvalue weighted by atomic mass is 9.96. The molecular formula is C14H27NO3. The molecule has 0 bridgehead atoms. The fraction of sp³-hybridized carbons (Fsp3) is 0.929. The Bertz CT molecular complexity index is 225. The van der Waals surface area contributed by atoms with Crippen LogP contribution in [0.1, 0.15) is 58.3 Å². The highest BCUT2D eigenvalue weighted by molar-refractivity contribution is 5.69. The number of nitrogens with one attached hydrogen (secondary N) is 1. The lowest BCUT2D eigenvalue weighted by Crippen LogP contribution is -2.37. The van der Waals surface area contributed by atoms with Crippen LogP contribution < -0.4 is 5.32 Å². The molecule has 0 amide bonds. The molecule has 0 aromatic rings. The van der Waals surface area contributed by atoms with Gasteiger partial charge in [-0.25, -0.2) is 0 Å². The third-order valence-electron chi connectivity index (χ3n) is 3.45. The van der Waals surface area contributed by atoms with Gasteiger partial charge >= 0.3 is 5.97 Å². The van der Waals surface area contributed by atoms with Gasteiger partial charge in [0.2, 0.25) is 0 Å². The van der Waals surface area contributed by atoms with Gasteiger partial charge in [-0.1, -0.05) is 32.1 Å². The van der Waals surface area contributed by atoms with E-state index in [2.05, 4.69) is 5.32 Å². The molecule has 1 saturated carbocycles. The standard InChI is InChI=1S/C14H27NO3/c1-2-18-14(17)10-13(16)11-15-12-8-6-4-3-5-7-9-12/h12-13,15-16H,2-11H2,1H3. The van der Waals surface area contributed by atoms with Crippen molar-refractivity contribution in [2.75, 3.05) is 13.2 Å². The molecule has 1 aliphatic carbocycles. The van der Waals surface area contributed by atoms with E-state index in [1.165, 1.54) is 44.9 Å². The Morgan fingerprint density at radius 1 is 1.28 bits per heavy atom. The number of carbonyl (C=O) groups is 1. The predicted octanol–water partition coefficient (Wildman–Crippen LogP) is 2.00. The van der Waals surface area contributed by atoms with Crippen LogP contribution in [-0.4, -0.2) is 36.4 Å². The van der Waals surface area contributed by atoms with Gasteiger partial charge in [0.1, 0.15) is 0 Å². The van der Waals surface area contributed by atoms with E-state index < -0.39 is 6.10 Å². The van der Waals surface area contributed by atoms with Crippen molar-refractivity contribution in [3.05, 3.63) is 0 Å². The fourth-order valence-corrected chi connectivity index (χ4v) is 2.45. The van der Waals surface area contributed by atoms with Gasteiger partial charge in [0, 0.05) is 12.6 Å². The van der Waals surface area contributed by atoms with Crippen LogP contribution in [0.3, 0.4) is 0 Å². The number of carbonyl (C=O) groups excluding carboxylic acids is 1. The van der Waals surface area contributed by atoms with Gasteiger partial charge in [0.05, 0.1) is 19.1 Å². The maximum atomic E-state index is 11.2. The average molecular weight is 257 g/mol. The van der Waals surface area contributed by atoms with Gasteiger partial charge in [-0.2, -0.15) is 0 Å². The highest BCUT2D eigenvalue weighted by Crippen LogP contribution is 2.17. The molecule has 18 heavy (non-hydrogen) atoms. The zero-order valence-corrected chi connectivity index (χ0v) is 11.5. The van der Waals surface area contributed by atoms with Crippen LogP contribution >= 0.6 is 0 Å². The summed E-state index contributed by atoms with van der Waals surface area (Å²) in [6.45, 7) is 2.64. The summed E-state index contributed by atoms with van der Waals surface area (Å²) in [7, 11) is 0. The zero-order valence-electron chi connectivity index (χ0n) is 11.5. The SMILES string of the molecule is CCOC(=O)CC(O)CNC1CCCCCCC1. The molecule has 106 valence electrons. The highest BCUT2D eigenvalue weighted by Gasteiger charge is 2.15. The van der Waals surface area contributed by atoms with Gasteiger partial charge in [0.15, 0.2) is 0 Å². The molecule has 0 heterocycles. The summed E-state index contributed by atoms with van der Waals surface area (Å²) in [5, 5.41) is 13.1. The number of aliphatic hydroxyl groups is 1. The van der Waals surface area contributed by atoms with Crippen LogP contribution in [0, 0.1) is 0 Å². The summed E-state index contributed by atoms with van der Waals surface area (Å²) in [5.41, 5.74) is 0. The average Bonchev–Trinajstić information content (AvgIpc) is 2.27. The number of hydrogen-bond donors (Lipinski definition) is 2. The van der Waals surface area contributed by atoms with Crippen molar-refractivity contribution in [3.63, 3.8) is 0 Å². The van der Waals surface area contributed by atoms with E-state index in [1.807, 2.05) is 0 Å². The van der Waals surface area contributed by atoms with E-state index in [9.17, 15) is 9.90 Å². The summed E-state index contributed by atoms with van der Waals surface area (Å²) in [5.74, 6) is -0.315. The third-order valence-corrected chi connectivity index (χ3v) is 3.45. The first-order valence-electron chi connectivity index (χ1n) is 7.29. The van der Waals surface area contributed by atoms with Gasteiger partial charge in [0.25, 0.3) is 0 Å². The smallest absolute Gasteiger partial charge is 0.308 e. The molecule has 0 aromatic heterocycles. The normalized spacial score (nSPS) is 19.9. The zero-order chi connectivity index (χ0) is 13.2. The lowest BCUT2D eigenvalue weighted by Gasteiger charge is -2.22. The lowest BCUT2D eigenvalue weighted by molar-refractivity contribution is -0.145. The van der Waals surface area contributed by atoms with Crippen molar-refractivity contribution in [2.45, 2.75) is 70.4 Å². The van der Waals surface area contributed by atoms with Crippen molar-refractivity contribution < 1.29 is 14.6 Å². The number of esters is 1. The Labute approximate surface area is 110 Å². The second kappa shape index (κ2) is 9.34. The second-order valence-electron chi connectivity index (χ2n) is 5.11. The molecule has 0 aliphatic heterocycles. The van der Waals surface area contributed by atoms with Gasteiger partial charge < -0.3 is 15.2 Å². The molecule has 1 fully saturated rings. The fourth-order valence-electron chi connectivity index (χ4n) is 2.45. The topological polar surface area (TPSA) is 58.6 Å². The maximum absolute atomic E-state index is 11.2. The van der Waals surface area contributed by atoms with Crippen LogP contribution in [-0.2, 0) is 9.53 Å². The molecule has 0 spiro atoms. The van der Waals surface area contributed by atoms with E-state index in [4.69, 9.17) is 4.74 Å².